The number of hydrogen-bond donors (Lipinski definition) is 0. The normalized spacial score (nSPS) is 11.3. The Hall–Kier alpha value is -3.82. The van der Waals surface area contributed by atoms with Gasteiger partial charge >= 0.3 is 23.9 Å². The number of nitrogens with zero attached hydrogens (tertiary/aromatic N) is 2. The van der Waals surface area contributed by atoms with E-state index < -0.39 is 30.0 Å². The molecule has 0 spiro atoms. The number of benzene rings is 1. The number of carbonyl (C=O) groups is 4. The van der Waals surface area contributed by atoms with E-state index in [2.05, 4.69) is 9.97 Å². The Labute approximate surface area is 191 Å². The highest BCUT2D eigenvalue weighted by Crippen LogP contribution is 2.29. The van der Waals surface area contributed by atoms with E-state index in [1.807, 2.05) is 6.92 Å². The fourth-order valence-corrected chi connectivity index (χ4v) is 2.87. The minimum absolute atomic E-state index is 0.00817. The summed E-state index contributed by atoms with van der Waals surface area (Å²) in [5, 5.41) is 0. The zero-order valence-corrected chi connectivity index (χ0v) is 19.4. The second kappa shape index (κ2) is 11.2. The second-order valence-electron chi connectivity index (χ2n) is 7.30. The Morgan fingerprint density at radius 3 is 2.03 bits per heavy atom. The second-order valence-corrected chi connectivity index (χ2v) is 7.30. The lowest BCUT2D eigenvalue weighted by Gasteiger charge is -2.17. The van der Waals surface area contributed by atoms with Gasteiger partial charge in [-0.25, -0.2) is 4.79 Å². The summed E-state index contributed by atoms with van der Waals surface area (Å²) in [5.41, 5.74) is 3.10. The van der Waals surface area contributed by atoms with Gasteiger partial charge in [0.25, 0.3) is 0 Å². The molecule has 0 saturated heterocycles. The van der Waals surface area contributed by atoms with Crippen molar-refractivity contribution in [3.63, 3.8) is 0 Å². The average Bonchev–Trinajstić information content (AvgIpc) is 2.69. The first-order valence-electron chi connectivity index (χ1n) is 10.1. The van der Waals surface area contributed by atoms with Crippen LogP contribution in [0.15, 0.2) is 18.2 Å². The average molecular weight is 458 g/mol. The number of ether oxygens (including phenoxy) is 4. The van der Waals surface area contributed by atoms with E-state index in [1.165, 1.54) is 32.9 Å². The summed E-state index contributed by atoms with van der Waals surface area (Å²) in [4.78, 5) is 55.7. The van der Waals surface area contributed by atoms with E-state index >= 15 is 0 Å². The number of carbonyl (C=O) groups excluding carboxylic acids is 4. The molecule has 1 atom stereocenters. The lowest BCUT2D eigenvalue weighted by molar-refractivity contribution is -0.167. The largest absolute Gasteiger partial charge is 0.456 e. The fourth-order valence-electron chi connectivity index (χ4n) is 2.87. The van der Waals surface area contributed by atoms with Gasteiger partial charge in [-0.15, -0.1) is 0 Å². The van der Waals surface area contributed by atoms with Crippen LogP contribution in [0.2, 0.25) is 0 Å². The standard InChI is InChI=1S/C23H26N2O8/c1-12-13(2)25-19(14(3)24-12)11-30-23(29)22(33-17(6)28)10-18-7-8-20(31-15(4)26)21(9-18)32-16(5)27/h7-9,22H,10-11H2,1-6H3. The van der Waals surface area contributed by atoms with Gasteiger partial charge in [0.15, 0.2) is 11.5 Å². The maximum Gasteiger partial charge on any atom is 0.348 e. The zero-order chi connectivity index (χ0) is 24.7. The number of rotatable bonds is 8. The summed E-state index contributed by atoms with van der Waals surface area (Å²) in [7, 11) is 0. The summed E-state index contributed by atoms with van der Waals surface area (Å²) in [6.07, 6.45) is -1.32. The lowest BCUT2D eigenvalue weighted by Crippen LogP contribution is -2.30. The monoisotopic (exact) mass is 458 g/mol. The molecule has 0 N–H and O–H groups in total. The third kappa shape index (κ3) is 7.67. The topological polar surface area (TPSA) is 131 Å². The van der Waals surface area contributed by atoms with E-state index in [-0.39, 0.29) is 24.5 Å². The molecule has 176 valence electrons. The maximum atomic E-state index is 12.7. The highest BCUT2D eigenvalue weighted by molar-refractivity contribution is 5.79. The molecule has 0 aliphatic rings. The van der Waals surface area contributed by atoms with Crippen molar-refractivity contribution in [2.75, 3.05) is 0 Å². The summed E-state index contributed by atoms with van der Waals surface area (Å²) in [6.45, 7) is 8.83. The molecule has 0 saturated carbocycles. The molecule has 0 bridgehead atoms. The van der Waals surface area contributed by atoms with Gasteiger partial charge in [-0.05, 0) is 38.5 Å². The molecular formula is C23H26N2O8. The van der Waals surface area contributed by atoms with E-state index in [0.29, 0.717) is 22.6 Å². The molecule has 2 aromatic rings. The van der Waals surface area contributed by atoms with Gasteiger partial charge in [0.2, 0.25) is 6.10 Å². The Balaban J connectivity index is 2.21. The molecule has 33 heavy (non-hydrogen) atoms. The third-order valence-corrected chi connectivity index (χ3v) is 4.44. The van der Waals surface area contributed by atoms with Crippen LogP contribution in [0.1, 0.15) is 49.1 Å². The van der Waals surface area contributed by atoms with Crippen LogP contribution in [0, 0.1) is 20.8 Å². The Morgan fingerprint density at radius 1 is 0.818 bits per heavy atom. The molecule has 2 rings (SSSR count). The Bertz CT molecular complexity index is 1080. The van der Waals surface area contributed by atoms with Crippen LogP contribution in [0.4, 0.5) is 0 Å². The first-order valence-corrected chi connectivity index (χ1v) is 10.1. The van der Waals surface area contributed by atoms with Crippen LogP contribution in [-0.2, 0) is 41.7 Å². The van der Waals surface area contributed by atoms with Crippen molar-refractivity contribution in [1.82, 2.24) is 9.97 Å². The Morgan fingerprint density at radius 2 is 1.42 bits per heavy atom. The molecule has 1 aromatic heterocycles. The quantitative estimate of drug-likeness (QED) is 0.429. The SMILES string of the molecule is CC(=O)Oc1ccc(CC(OC(C)=O)C(=O)OCc2nc(C)c(C)nc2C)cc1OC(C)=O. The van der Waals surface area contributed by atoms with Crippen LogP contribution in [0.25, 0.3) is 0 Å². The van der Waals surface area contributed by atoms with E-state index in [1.54, 1.807) is 19.9 Å². The summed E-state index contributed by atoms with van der Waals surface area (Å²) in [6, 6.07) is 4.38. The summed E-state index contributed by atoms with van der Waals surface area (Å²) in [5.74, 6) is -2.63. The highest BCUT2D eigenvalue weighted by Gasteiger charge is 2.25. The fraction of sp³-hybridized carbons (Fsp3) is 0.391. The van der Waals surface area contributed by atoms with Gasteiger partial charge in [0.1, 0.15) is 6.61 Å². The van der Waals surface area contributed by atoms with Crippen molar-refractivity contribution in [2.45, 2.75) is 60.7 Å². The molecule has 0 radical (unpaired) electrons. The van der Waals surface area contributed by atoms with Crippen LogP contribution in [0.3, 0.4) is 0 Å². The van der Waals surface area contributed by atoms with Gasteiger partial charge in [-0.1, -0.05) is 6.07 Å². The van der Waals surface area contributed by atoms with Crippen molar-refractivity contribution in [3.05, 3.63) is 46.5 Å². The molecule has 1 unspecified atom stereocenters. The van der Waals surface area contributed by atoms with Gasteiger partial charge in [-0.2, -0.15) is 0 Å². The summed E-state index contributed by atoms with van der Waals surface area (Å²) >= 11 is 0. The molecule has 0 fully saturated rings. The smallest absolute Gasteiger partial charge is 0.348 e. The van der Waals surface area contributed by atoms with Crippen LogP contribution >= 0.6 is 0 Å². The number of esters is 4. The molecule has 10 heteroatoms. The van der Waals surface area contributed by atoms with Gasteiger partial charge < -0.3 is 18.9 Å². The lowest BCUT2D eigenvalue weighted by atomic mass is 10.1. The van der Waals surface area contributed by atoms with Crippen molar-refractivity contribution in [3.8, 4) is 11.5 Å². The molecule has 1 heterocycles. The van der Waals surface area contributed by atoms with Gasteiger partial charge in [0.05, 0.1) is 22.8 Å². The molecule has 1 aromatic carbocycles. The summed E-state index contributed by atoms with van der Waals surface area (Å²) < 4.78 is 20.6. The number of hydrogen-bond acceptors (Lipinski definition) is 10. The van der Waals surface area contributed by atoms with E-state index in [0.717, 1.165) is 5.69 Å². The molecule has 0 aliphatic carbocycles. The van der Waals surface area contributed by atoms with Gasteiger partial charge in [0, 0.05) is 27.2 Å². The number of aromatic nitrogens is 2. The molecule has 0 aliphatic heterocycles. The van der Waals surface area contributed by atoms with Crippen LogP contribution in [0.5, 0.6) is 11.5 Å². The number of aryl methyl sites for hydroxylation is 3. The van der Waals surface area contributed by atoms with Crippen LogP contribution < -0.4 is 9.47 Å². The van der Waals surface area contributed by atoms with Gasteiger partial charge in [-0.3, -0.25) is 24.4 Å². The maximum absolute atomic E-state index is 12.7. The Kier molecular flexibility index (Phi) is 8.61. The minimum atomic E-state index is -1.26. The first-order chi connectivity index (χ1) is 15.5. The van der Waals surface area contributed by atoms with E-state index in [9.17, 15) is 19.2 Å². The highest BCUT2D eigenvalue weighted by atomic mass is 16.6. The van der Waals surface area contributed by atoms with Crippen molar-refractivity contribution in [1.29, 1.82) is 0 Å². The molecule has 0 amide bonds. The minimum Gasteiger partial charge on any atom is -0.456 e. The third-order valence-electron chi connectivity index (χ3n) is 4.44. The first kappa shape index (κ1) is 25.4. The molecule has 10 nitrogen and oxygen atoms in total. The predicted octanol–water partition coefficient (Wildman–Crippen LogP) is 2.47. The van der Waals surface area contributed by atoms with Crippen LogP contribution in [-0.4, -0.2) is 39.9 Å². The van der Waals surface area contributed by atoms with Crippen molar-refractivity contribution in [2.24, 2.45) is 0 Å². The van der Waals surface area contributed by atoms with Crippen molar-refractivity contribution < 1.29 is 38.1 Å². The zero-order valence-electron chi connectivity index (χ0n) is 19.4. The van der Waals surface area contributed by atoms with E-state index in [4.69, 9.17) is 18.9 Å². The molecular weight excluding hydrogens is 432 g/mol. The predicted molar refractivity (Wildman–Crippen MR) is 114 cm³/mol. The van der Waals surface area contributed by atoms with Crippen molar-refractivity contribution >= 4 is 23.9 Å².